The number of aryl methyl sites for hydroxylation is 1. The van der Waals surface area contributed by atoms with E-state index in [1.807, 2.05) is 36.4 Å². The Labute approximate surface area is 192 Å². The smallest absolute Gasteiger partial charge is 0.243 e. The van der Waals surface area contributed by atoms with Crippen molar-refractivity contribution in [1.29, 1.82) is 0 Å². The van der Waals surface area contributed by atoms with E-state index < -0.39 is 10.0 Å². The van der Waals surface area contributed by atoms with Crippen LogP contribution in [0.5, 0.6) is 0 Å². The highest BCUT2D eigenvalue weighted by Gasteiger charge is 2.30. The van der Waals surface area contributed by atoms with Crippen molar-refractivity contribution in [2.45, 2.75) is 18.2 Å². The van der Waals surface area contributed by atoms with Crippen LogP contribution in [0, 0.1) is 6.92 Å². The molecule has 32 heavy (non-hydrogen) atoms. The van der Waals surface area contributed by atoms with Crippen LogP contribution in [-0.2, 0) is 16.4 Å². The molecule has 5 rings (SSSR count). The molecule has 0 atom stereocenters. The largest absolute Gasteiger partial charge is 0.344 e. The predicted molar refractivity (Wildman–Crippen MR) is 129 cm³/mol. The second-order valence-electron chi connectivity index (χ2n) is 8.02. The number of nitrogens with zero attached hydrogens (tertiary/aromatic N) is 4. The lowest BCUT2D eigenvalue weighted by Gasteiger charge is -2.33. The van der Waals surface area contributed by atoms with Crippen LogP contribution in [0.3, 0.4) is 0 Å². The minimum atomic E-state index is -3.56. The van der Waals surface area contributed by atoms with Gasteiger partial charge in [-0.2, -0.15) is 8.68 Å². The van der Waals surface area contributed by atoms with E-state index in [1.165, 1.54) is 22.7 Å². The SMILES string of the molecule is Cc1ccc(Cc2nsc(N3CCN(S(=O)(=O)c4cccc5ccccc45)CC3)n2)cc1. The quantitative estimate of drug-likeness (QED) is 0.445. The van der Waals surface area contributed by atoms with Gasteiger partial charge in [-0.15, -0.1) is 0 Å². The number of aromatic nitrogens is 2. The van der Waals surface area contributed by atoms with Crippen molar-refractivity contribution in [2.75, 3.05) is 31.1 Å². The molecule has 1 aliphatic rings. The molecule has 1 aromatic heterocycles. The number of sulfonamides is 1. The van der Waals surface area contributed by atoms with Gasteiger partial charge < -0.3 is 4.90 Å². The molecule has 1 aliphatic heterocycles. The van der Waals surface area contributed by atoms with E-state index in [9.17, 15) is 8.42 Å². The standard InChI is InChI=1S/C24H24N4O2S2/c1-18-9-11-19(12-10-18)17-23-25-24(31-26-23)27-13-15-28(16-14-27)32(29,30)22-8-4-6-20-5-2-3-7-21(20)22/h2-12H,13-17H2,1H3. The molecule has 0 radical (unpaired) electrons. The molecule has 2 heterocycles. The maximum absolute atomic E-state index is 13.4. The van der Waals surface area contributed by atoms with Crippen molar-refractivity contribution in [3.8, 4) is 0 Å². The van der Waals surface area contributed by atoms with Crippen LogP contribution >= 0.6 is 11.5 Å². The van der Waals surface area contributed by atoms with E-state index in [1.54, 1.807) is 10.4 Å². The fraction of sp³-hybridized carbons (Fsp3) is 0.250. The molecule has 0 saturated carbocycles. The molecule has 0 amide bonds. The van der Waals surface area contributed by atoms with Gasteiger partial charge in [0.25, 0.3) is 0 Å². The molecule has 1 fully saturated rings. The summed E-state index contributed by atoms with van der Waals surface area (Å²) >= 11 is 1.38. The van der Waals surface area contributed by atoms with Gasteiger partial charge in [-0.25, -0.2) is 13.4 Å². The average Bonchev–Trinajstić information content (AvgIpc) is 3.29. The summed E-state index contributed by atoms with van der Waals surface area (Å²) in [4.78, 5) is 7.21. The van der Waals surface area contributed by atoms with Crippen molar-refractivity contribution in [1.82, 2.24) is 13.7 Å². The molecule has 0 N–H and O–H groups in total. The van der Waals surface area contributed by atoms with E-state index in [0.29, 0.717) is 37.5 Å². The number of anilines is 1. The van der Waals surface area contributed by atoms with Gasteiger partial charge in [0.15, 0.2) is 0 Å². The summed E-state index contributed by atoms with van der Waals surface area (Å²) in [6, 6.07) is 21.5. The number of fused-ring (bicyclic) bond motifs is 1. The Balaban J connectivity index is 1.28. The average molecular weight is 465 g/mol. The molecule has 0 bridgehead atoms. The molecule has 164 valence electrons. The van der Waals surface area contributed by atoms with Crippen molar-refractivity contribution < 1.29 is 8.42 Å². The lowest BCUT2D eigenvalue weighted by Crippen LogP contribution is -2.48. The molecule has 6 nitrogen and oxygen atoms in total. The zero-order chi connectivity index (χ0) is 22.1. The van der Waals surface area contributed by atoms with Gasteiger partial charge in [0.1, 0.15) is 5.82 Å². The Kier molecular flexibility index (Phi) is 5.67. The van der Waals surface area contributed by atoms with Crippen LogP contribution in [0.15, 0.2) is 71.6 Å². The Hall–Kier alpha value is -2.81. The Bertz CT molecular complexity index is 1340. The van der Waals surface area contributed by atoms with E-state index >= 15 is 0 Å². The van der Waals surface area contributed by atoms with Crippen LogP contribution in [-0.4, -0.2) is 48.3 Å². The van der Waals surface area contributed by atoms with Gasteiger partial charge in [-0.05, 0) is 23.9 Å². The molecule has 0 spiro atoms. The van der Waals surface area contributed by atoms with E-state index in [2.05, 4.69) is 40.5 Å². The van der Waals surface area contributed by atoms with Gasteiger partial charge in [-0.1, -0.05) is 66.2 Å². The second kappa shape index (κ2) is 8.61. The summed E-state index contributed by atoms with van der Waals surface area (Å²) < 4.78 is 32.8. The van der Waals surface area contributed by atoms with Gasteiger partial charge in [0.05, 0.1) is 4.90 Å². The third-order valence-corrected chi connectivity index (χ3v) is 8.59. The topological polar surface area (TPSA) is 66.4 Å². The van der Waals surface area contributed by atoms with Crippen molar-refractivity contribution in [3.63, 3.8) is 0 Å². The molecule has 3 aromatic carbocycles. The lowest BCUT2D eigenvalue weighted by atomic mass is 10.1. The van der Waals surface area contributed by atoms with Gasteiger partial charge in [0.2, 0.25) is 15.2 Å². The first-order valence-corrected chi connectivity index (χ1v) is 12.8. The van der Waals surface area contributed by atoms with E-state index in [-0.39, 0.29) is 0 Å². The molecule has 0 unspecified atom stereocenters. The first kappa shape index (κ1) is 21.1. The molecule has 1 saturated heterocycles. The zero-order valence-corrected chi connectivity index (χ0v) is 19.4. The monoisotopic (exact) mass is 464 g/mol. The van der Waals surface area contributed by atoms with Gasteiger partial charge in [0, 0.05) is 49.5 Å². The minimum Gasteiger partial charge on any atom is -0.344 e. The summed E-state index contributed by atoms with van der Waals surface area (Å²) in [7, 11) is -3.56. The highest BCUT2D eigenvalue weighted by atomic mass is 32.2. The summed E-state index contributed by atoms with van der Waals surface area (Å²) in [5, 5.41) is 2.55. The Morgan fingerprint density at radius 1 is 0.906 bits per heavy atom. The van der Waals surface area contributed by atoms with E-state index in [0.717, 1.165) is 21.7 Å². The fourth-order valence-corrected chi connectivity index (χ4v) is 6.39. The first-order chi connectivity index (χ1) is 15.5. The van der Waals surface area contributed by atoms with Gasteiger partial charge in [-0.3, -0.25) is 0 Å². The Morgan fingerprint density at radius 2 is 1.62 bits per heavy atom. The number of rotatable bonds is 5. The Morgan fingerprint density at radius 3 is 2.41 bits per heavy atom. The third-order valence-electron chi connectivity index (χ3n) is 5.82. The number of benzene rings is 3. The summed E-state index contributed by atoms with van der Waals surface area (Å²) in [5.41, 5.74) is 2.42. The van der Waals surface area contributed by atoms with Crippen molar-refractivity contribution in [2.24, 2.45) is 0 Å². The maximum atomic E-state index is 13.4. The predicted octanol–water partition coefficient (Wildman–Crippen LogP) is 4.10. The number of piperazine rings is 1. The molecule has 0 aliphatic carbocycles. The number of hydrogen-bond donors (Lipinski definition) is 0. The third kappa shape index (κ3) is 4.13. The fourth-order valence-electron chi connectivity index (χ4n) is 4.01. The van der Waals surface area contributed by atoms with E-state index in [4.69, 9.17) is 4.98 Å². The van der Waals surface area contributed by atoms with Crippen LogP contribution in [0.4, 0.5) is 5.13 Å². The highest BCUT2D eigenvalue weighted by Crippen LogP contribution is 2.27. The van der Waals surface area contributed by atoms with Crippen LogP contribution < -0.4 is 4.90 Å². The molecule has 8 heteroatoms. The highest BCUT2D eigenvalue weighted by molar-refractivity contribution is 7.89. The summed E-state index contributed by atoms with van der Waals surface area (Å²) in [6.45, 7) is 4.13. The lowest BCUT2D eigenvalue weighted by molar-refractivity contribution is 0.385. The summed E-state index contributed by atoms with van der Waals surface area (Å²) in [5.74, 6) is 0.805. The van der Waals surface area contributed by atoms with Crippen LogP contribution in [0.2, 0.25) is 0 Å². The van der Waals surface area contributed by atoms with Crippen molar-refractivity contribution in [3.05, 3.63) is 83.7 Å². The minimum absolute atomic E-state index is 0.375. The molecular formula is C24H24N4O2S2. The normalized spacial score (nSPS) is 15.3. The summed E-state index contributed by atoms with van der Waals surface area (Å²) in [6.07, 6.45) is 0.701. The molecular weight excluding hydrogens is 440 g/mol. The zero-order valence-electron chi connectivity index (χ0n) is 17.8. The van der Waals surface area contributed by atoms with Crippen LogP contribution in [0.25, 0.3) is 10.8 Å². The first-order valence-electron chi connectivity index (χ1n) is 10.6. The van der Waals surface area contributed by atoms with Crippen molar-refractivity contribution >= 4 is 37.5 Å². The maximum Gasteiger partial charge on any atom is 0.243 e. The molecule has 4 aromatic rings. The van der Waals surface area contributed by atoms with Crippen LogP contribution in [0.1, 0.15) is 17.0 Å². The van der Waals surface area contributed by atoms with Gasteiger partial charge >= 0.3 is 0 Å². The second-order valence-corrected chi connectivity index (χ2v) is 10.7. The number of hydrogen-bond acceptors (Lipinski definition) is 6.